The first-order chi connectivity index (χ1) is 13.9. The Kier molecular flexibility index (Phi) is 8.04. The third-order valence-electron chi connectivity index (χ3n) is 4.23. The number of carbonyl (C=O) groups excluding carboxylic acids is 1. The lowest BCUT2D eigenvalue weighted by Gasteiger charge is -2.20. The number of esters is 1. The summed E-state index contributed by atoms with van der Waals surface area (Å²) in [5, 5.41) is 0. The number of hydrogen-bond acceptors (Lipinski definition) is 6. The van der Waals surface area contributed by atoms with Crippen molar-refractivity contribution in [1.29, 1.82) is 0 Å². The Morgan fingerprint density at radius 1 is 0.966 bits per heavy atom. The molecule has 0 atom stereocenters. The van der Waals surface area contributed by atoms with Gasteiger partial charge < -0.3 is 14.2 Å². The monoisotopic (exact) mass is 421 g/mol. The van der Waals surface area contributed by atoms with Crippen molar-refractivity contribution in [2.24, 2.45) is 0 Å². The lowest BCUT2D eigenvalue weighted by atomic mass is 10.2. The maximum atomic E-state index is 12.9. The number of rotatable bonds is 10. The van der Waals surface area contributed by atoms with Crippen LogP contribution in [0.1, 0.15) is 37.6 Å². The molecule has 8 heteroatoms. The Morgan fingerprint density at radius 3 is 2.14 bits per heavy atom. The average molecular weight is 422 g/mol. The topological polar surface area (TPSA) is 82.1 Å². The summed E-state index contributed by atoms with van der Waals surface area (Å²) < 4.78 is 43.2. The van der Waals surface area contributed by atoms with Crippen molar-refractivity contribution in [3.05, 3.63) is 48.0 Å². The Morgan fingerprint density at radius 2 is 1.59 bits per heavy atom. The minimum atomic E-state index is -3.80. The molecule has 7 nitrogen and oxygen atoms in total. The Hall–Kier alpha value is -2.58. The molecule has 29 heavy (non-hydrogen) atoms. The van der Waals surface area contributed by atoms with E-state index >= 15 is 0 Å². The largest absolute Gasteiger partial charge is 0.495 e. The van der Waals surface area contributed by atoms with E-state index in [9.17, 15) is 13.2 Å². The summed E-state index contributed by atoms with van der Waals surface area (Å²) in [4.78, 5) is 12.5. The molecule has 2 rings (SSSR count). The van der Waals surface area contributed by atoms with Crippen LogP contribution < -0.4 is 14.2 Å². The van der Waals surface area contributed by atoms with E-state index in [2.05, 4.69) is 0 Å². The first kappa shape index (κ1) is 22.7. The maximum Gasteiger partial charge on any atom is 0.343 e. The van der Waals surface area contributed by atoms with Crippen LogP contribution in [-0.2, 0) is 10.0 Å². The van der Waals surface area contributed by atoms with E-state index in [1.165, 1.54) is 29.6 Å². The smallest absolute Gasteiger partial charge is 0.343 e. The zero-order valence-electron chi connectivity index (χ0n) is 17.2. The van der Waals surface area contributed by atoms with Crippen LogP contribution in [0, 0.1) is 0 Å². The second kappa shape index (κ2) is 10.3. The molecule has 0 saturated heterocycles. The molecule has 2 aromatic carbocycles. The van der Waals surface area contributed by atoms with Crippen molar-refractivity contribution in [2.45, 2.75) is 32.1 Å². The minimum Gasteiger partial charge on any atom is -0.495 e. The third kappa shape index (κ3) is 5.48. The van der Waals surface area contributed by atoms with Gasteiger partial charge in [-0.25, -0.2) is 13.2 Å². The molecule has 2 aromatic rings. The number of benzene rings is 2. The van der Waals surface area contributed by atoms with Crippen molar-refractivity contribution in [3.8, 4) is 17.2 Å². The van der Waals surface area contributed by atoms with E-state index in [0.717, 1.165) is 6.42 Å². The fraction of sp³-hybridized carbons (Fsp3) is 0.381. The van der Waals surface area contributed by atoms with Gasteiger partial charge >= 0.3 is 5.97 Å². The summed E-state index contributed by atoms with van der Waals surface area (Å²) in [5.41, 5.74) is 0.114. The second-order valence-electron chi connectivity index (χ2n) is 6.16. The number of sulfonamides is 1. The van der Waals surface area contributed by atoms with E-state index in [1.54, 1.807) is 38.1 Å². The van der Waals surface area contributed by atoms with Gasteiger partial charge in [0.15, 0.2) is 0 Å². The molecule has 0 heterocycles. The highest BCUT2D eigenvalue weighted by molar-refractivity contribution is 7.89. The van der Waals surface area contributed by atoms with Crippen LogP contribution in [0.5, 0.6) is 17.2 Å². The van der Waals surface area contributed by atoms with Crippen LogP contribution >= 0.6 is 0 Å². The van der Waals surface area contributed by atoms with E-state index < -0.39 is 16.0 Å². The summed E-state index contributed by atoms with van der Waals surface area (Å²) in [7, 11) is -2.42. The summed E-state index contributed by atoms with van der Waals surface area (Å²) in [6.07, 6.45) is 0.896. The van der Waals surface area contributed by atoms with Gasteiger partial charge in [0.1, 0.15) is 22.1 Å². The van der Waals surface area contributed by atoms with Crippen LogP contribution in [0.4, 0.5) is 0 Å². The predicted molar refractivity (Wildman–Crippen MR) is 110 cm³/mol. The molecule has 0 bridgehead atoms. The maximum absolute atomic E-state index is 12.9. The molecule has 0 fully saturated rings. The fourth-order valence-electron chi connectivity index (χ4n) is 2.70. The summed E-state index contributed by atoms with van der Waals surface area (Å²) >= 11 is 0. The third-order valence-corrected chi connectivity index (χ3v) is 6.30. The van der Waals surface area contributed by atoms with Gasteiger partial charge in [-0.1, -0.05) is 20.8 Å². The molecule has 0 amide bonds. The molecule has 0 aliphatic rings. The Balaban J connectivity index is 2.27. The molecule has 0 unspecified atom stereocenters. The summed E-state index contributed by atoms with van der Waals surface area (Å²) in [5.74, 6) is 0.531. The SMILES string of the molecule is CCCOc1ccc(OC(=O)c2ccc(OC)c(S(=O)(=O)N(CC)CC)c2)cc1. The number of hydrogen-bond donors (Lipinski definition) is 0. The standard InChI is InChI=1S/C21H27NO6S/c1-5-14-27-17-9-11-18(12-10-17)28-21(23)16-8-13-19(26-4)20(15-16)29(24,25)22(6-2)7-3/h8-13,15H,5-7,14H2,1-4H3. The molecule has 0 aliphatic heterocycles. The van der Waals surface area contributed by atoms with Crippen molar-refractivity contribution >= 4 is 16.0 Å². The highest BCUT2D eigenvalue weighted by atomic mass is 32.2. The number of methoxy groups -OCH3 is 1. The van der Waals surface area contributed by atoms with Crippen LogP contribution in [0.25, 0.3) is 0 Å². The predicted octanol–water partition coefficient (Wildman–Crippen LogP) is 3.73. The first-order valence-electron chi connectivity index (χ1n) is 9.50. The normalized spacial score (nSPS) is 11.3. The Bertz CT molecular complexity index is 921. The van der Waals surface area contributed by atoms with E-state index in [0.29, 0.717) is 31.2 Å². The molecule has 0 aromatic heterocycles. The van der Waals surface area contributed by atoms with Gasteiger partial charge in [0.05, 0.1) is 19.3 Å². The van der Waals surface area contributed by atoms with Crippen LogP contribution in [0.15, 0.2) is 47.4 Å². The second-order valence-corrected chi connectivity index (χ2v) is 8.07. The van der Waals surface area contributed by atoms with Gasteiger partial charge in [0, 0.05) is 13.1 Å². The molecular formula is C21H27NO6S. The molecule has 0 spiro atoms. The summed E-state index contributed by atoms with van der Waals surface area (Å²) in [6.45, 7) is 6.74. The van der Waals surface area contributed by atoms with Crippen LogP contribution in [0.3, 0.4) is 0 Å². The number of nitrogens with zero attached hydrogens (tertiary/aromatic N) is 1. The van der Waals surface area contributed by atoms with Crippen molar-refractivity contribution in [1.82, 2.24) is 4.31 Å². The van der Waals surface area contributed by atoms with Crippen LogP contribution in [-0.4, -0.2) is 45.5 Å². The van der Waals surface area contributed by atoms with Crippen LogP contribution in [0.2, 0.25) is 0 Å². The first-order valence-corrected chi connectivity index (χ1v) is 10.9. The van der Waals surface area contributed by atoms with Crippen molar-refractivity contribution in [2.75, 3.05) is 26.8 Å². The molecule has 0 radical (unpaired) electrons. The lowest BCUT2D eigenvalue weighted by Crippen LogP contribution is -2.31. The van der Waals surface area contributed by atoms with E-state index in [-0.39, 0.29) is 16.2 Å². The fourth-order valence-corrected chi connectivity index (χ4v) is 4.34. The average Bonchev–Trinajstić information content (AvgIpc) is 2.73. The quantitative estimate of drug-likeness (QED) is 0.429. The van der Waals surface area contributed by atoms with Gasteiger partial charge in [-0.2, -0.15) is 4.31 Å². The van der Waals surface area contributed by atoms with Gasteiger partial charge in [0.2, 0.25) is 10.0 Å². The summed E-state index contributed by atoms with van der Waals surface area (Å²) in [6, 6.07) is 10.9. The molecule has 0 aliphatic carbocycles. The molecule has 0 saturated carbocycles. The zero-order chi connectivity index (χ0) is 21.4. The highest BCUT2D eigenvalue weighted by Crippen LogP contribution is 2.28. The number of carbonyl (C=O) groups is 1. The molecule has 0 N–H and O–H groups in total. The highest BCUT2D eigenvalue weighted by Gasteiger charge is 2.27. The Labute approximate surface area is 172 Å². The minimum absolute atomic E-state index is 0.0681. The van der Waals surface area contributed by atoms with Crippen molar-refractivity contribution < 1.29 is 27.4 Å². The molecular weight excluding hydrogens is 394 g/mol. The molecule has 158 valence electrons. The van der Waals surface area contributed by atoms with E-state index in [4.69, 9.17) is 14.2 Å². The number of ether oxygens (including phenoxy) is 3. The zero-order valence-corrected chi connectivity index (χ0v) is 18.0. The van der Waals surface area contributed by atoms with Gasteiger partial charge in [-0.3, -0.25) is 0 Å². The van der Waals surface area contributed by atoms with Crippen molar-refractivity contribution in [3.63, 3.8) is 0 Å². The van der Waals surface area contributed by atoms with Gasteiger partial charge in [0.25, 0.3) is 0 Å². The lowest BCUT2D eigenvalue weighted by molar-refractivity contribution is 0.0734. The van der Waals surface area contributed by atoms with E-state index in [1.807, 2.05) is 6.92 Å². The van der Waals surface area contributed by atoms with Gasteiger partial charge in [-0.05, 0) is 48.9 Å². The van der Waals surface area contributed by atoms with Gasteiger partial charge in [-0.15, -0.1) is 0 Å².